The van der Waals surface area contributed by atoms with Gasteiger partial charge >= 0.3 is 0 Å². The van der Waals surface area contributed by atoms with Crippen molar-refractivity contribution in [3.05, 3.63) is 59.7 Å². The van der Waals surface area contributed by atoms with Crippen LogP contribution in [0.5, 0.6) is 5.75 Å². The summed E-state index contributed by atoms with van der Waals surface area (Å²) in [5, 5.41) is 2.94. The lowest BCUT2D eigenvalue weighted by Crippen LogP contribution is -2.26. The highest BCUT2D eigenvalue weighted by Crippen LogP contribution is 2.17. The van der Waals surface area contributed by atoms with Crippen molar-refractivity contribution in [2.24, 2.45) is 0 Å². The van der Waals surface area contributed by atoms with E-state index < -0.39 is 0 Å². The summed E-state index contributed by atoms with van der Waals surface area (Å²) in [6.45, 7) is 0.601. The molecule has 1 amide bonds. The van der Waals surface area contributed by atoms with Gasteiger partial charge in [-0.3, -0.25) is 4.79 Å². The van der Waals surface area contributed by atoms with Gasteiger partial charge in [-0.15, -0.1) is 0 Å². The first kappa shape index (κ1) is 15.9. The van der Waals surface area contributed by atoms with Gasteiger partial charge in [0.25, 0.3) is 0 Å². The molecule has 0 saturated heterocycles. The largest absolute Gasteiger partial charge is 0.496 e. The summed E-state index contributed by atoms with van der Waals surface area (Å²) in [5.74, 6) is 0.895. The number of anilines is 1. The monoisotopic (exact) mass is 298 g/mol. The van der Waals surface area contributed by atoms with E-state index in [1.165, 1.54) is 0 Å². The number of hydrogen-bond acceptors (Lipinski definition) is 3. The van der Waals surface area contributed by atoms with E-state index in [1.807, 2.05) is 48.5 Å². The van der Waals surface area contributed by atoms with Gasteiger partial charge in [-0.05, 0) is 36.1 Å². The van der Waals surface area contributed by atoms with Gasteiger partial charge in [-0.2, -0.15) is 0 Å². The Labute approximate surface area is 131 Å². The average molecular weight is 298 g/mol. The maximum absolute atomic E-state index is 11.9. The summed E-state index contributed by atoms with van der Waals surface area (Å²) in [5.41, 5.74) is 8.72. The molecule has 0 unspecified atom stereocenters. The van der Waals surface area contributed by atoms with Crippen LogP contribution < -0.4 is 15.8 Å². The highest BCUT2D eigenvalue weighted by Gasteiger charge is 2.05. The average Bonchev–Trinajstić information content (AvgIpc) is 2.54. The zero-order valence-corrected chi connectivity index (χ0v) is 12.8. The predicted molar refractivity (Wildman–Crippen MR) is 88.9 cm³/mol. The Morgan fingerprint density at radius 1 is 1.05 bits per heavy atom. The molecular formula is C18H22N2O2. The van der Waals surface area contributed by atoms with E-state index in [1.54, 1.807) is 7.11 Å². The van der Waals surface area contributed by atoms with Gasteiger partial charge in [0, 0.05) is 18.7 Å². The summed E-state index contributed by atoms with van der Waals surface area (Å²) in [6, 6.07) is 15.5. The summed E-state index contributed by atoms with van der Waals surface area (Å²) >= 11 is 0. The number of nitrogens with one attached hydrogen (secondary N) is 1. The molecule has 4 heteroatoms. The number of carbonyl (C=O) groups excluding carboxylic acids is 1. The Balaban J connectivity index is 1.75. The molecule has 0 aliphatic carbocycles. The standard InChI is InChI=1S/C18H22N2O2/c1-22-17-9-5-3-7-15(17)12-13-20-18(21)11-10-14-6-2-4-8-16(14)19/h2-9H,10-13,19H2,1H3,(H,20,21). The quantitative estimate of drug-likeness (QED) is 0.772. The lowest BCUT2D eigenvalue weighted by molar-refractivity contribution is -0.121. The minimum absolute atomic E-state index is 0.0400. The van der Waals surface area contributed by atoms with E-state index in [2.05, 4.69) is 5.32 Å². The molecule has 0 fully saturated rings. The molecule has 0 aliphatic rings. The first-order valence-electron chi connectivity index (χ1n) is 7.42. The molecule has 0 heterocycles. The number of ether oxygens (including phenoxy) is 1. The van der Waals surface area contributed by atoms with Crippen molar-refractivity contribution < 1.29 is 9.53 Å². The molecule has 0 atom stereocenters. The van der Waals surface area contributed by atoms with Crippen molar-refractivity contribution in [2.45, 2.75) is 19.3 Å². The van der Waals surface area contributed by atoms with Crippen LogP contribution in [0.15, 0.2) is 48.5 Å². The second-order valence-electron chi connectivity index (χ2n) is 5.11. The van der Waals surface area contributed by atoms with Crippen molar-refractivity contribution in [1.29, 1.82) is 0 Å². The van der Waals surface area contributed by atoms with Crippen molar-refractivity contribution >= 4 is 11.6 Å². The second kappa shape index (κ2) is 8.08. The maximum Gasteiger partial charge on any atom is 0.220 e. The van der Waals surface area contributed by atoms with Crippen LogP contribution in [0, 0.1) is 0 Å². The number of nitrogens with two attached hydrogens (primary N) is 1. The number of rotatable bonds is 7. The third-order valence-electron chi connectivity index (χ3n) is 3.59. The molecule has 0 radical (unpaired) electrons. The van der Waals surface area contributed by atoms with E-state index in [4.69, 9.17) is 10.5 Å². The molecule has 0 spiro atoms. The fraction of sp³-hybridized carbons (Fsp3) is 0.278. The van der Waals surface area contributed by atoms with E-state index in [9.17, 15) is 4.79 Å². The highest BCUT2D eigenvalue weighted by molar-refractivity contribution is 5.76. The topological polar surface area (TPSA) is 64.3 Å². The van der Waals surface area contributed by atoms with Crippen LogP contribution in [-0.4, -0.2) is 19.6 Å². The summed E-state index contributed by atoms with van der Waals surface area (Å²) in [6.07, 6.45) is 1.86. The predicted octanol–water partition coefficient (Wildman–Crippen LogP) is 2.57. The van der Waals surface area contributed by atoms with Gasteiger partial charge in [0.1, 0.15) is 5.75 Å². The van der Waals surface area contributed by atoms with Gasteiger partial charge in [0.15, 0.2) is 0 Å². The van der Waals surface area contributed by atoms with Crippen LogP contribution in [0.3, 0.4) is 0 Å². The summed E-state index contributed by atoms with van der Waals surface area (Å²) in [4.78, 5) is 11.9. The van der Waals surface area contributed by atoms with Crippen LogP contribution in [0.4, 0.5) is 5.69 Å². The summed E-state index contributed by atoms with van der Waals surface area (Å²) in [7, 11) is 1.65. The molecule has 0 bridgehead atoms. The van der Waals surface area contributed by atoms with Crippen molar-refractivity contribution in [2.75, 3.05) is 19.4 Å². The lowest BCUT2D eigenvalue weighted by Gasteiger charge is -2.09. The van der Waals surface area contributed by atoms with Crippen molar-refractivity contribution in [3.63, 3.8) is 0 Å². The molecule has 0 aromatic heterocycles. The molecule has 3 N–H and O–H groups in total. The van der Waals surface area contributed by atoms with E-state index >= 15 is 0 Å². The Hall–Kier alpha value is -2.49. The SMILES string of the molecule is COc1ccccc1CCNC(=O)CCc1ccccc1N. The number of aryl methyl sites for hydroxylation is 1. The normalized spacial score (nSPS) is 10.2. The molecule has 4 nitrogen and oxygen atoms in total. The summed E-state index contributed by atoms with van der Waals surface area (Å²) < 4.78 is 5.29. The zero-order chi connectivity index (χ0) is 15.8. The number of hydrogen-bond donors (Lipinski definition) is 2. The number of methoxy groups -OCH3 is 1. The molecule has 2 aromatic rings. The van der Waals surface area contributed by atoms with E-state index in [0.717, 1.165) is 29.0 Å². The van der Waals surface area contributed by atoms with Crippen LogP contribution >= 0.6 is 0 Å². The molecule has 0 aliphatic heterocycles. The zero-order valence-electron chi connectivity index (χ0n) is 12.8. The Bertz CT molecular complexity index is 626. The number of para-hydroxylation sites is 2. The number of benzene rings is 2. The minimum Gasteiger partial charge on any atom is -0.496 e. The maximum atomic E-state index is 11.9. The van der Waals surface area contributed by atoms with Gasteiger partial charge in [0.05, 0.1) is 7.11 Å². The molecular weight excluding hydrogens is 276 g/mol. The van der Waals surface area contributed by atoms with Crippen molar-refractivity contribution in [3.8, 4) is 5.75 Å². The Kier molecular flexibility index (Phi) is 5.83. The van der Waals surface area contributed by atoms with Gasteiger partial charge in [-0.1, -0.05) is 36.4 Å². The highest BCUT2D eigenvalue weighted by atomic mass is 16.5. The van der Waals surface area contributed by atoms with Gasteiger partial charge < -0.3 is 15.8 Å². The van der Waals surface area contributed by atoms with Crippen LogP contribution in [0.1, 0.15) is 17.5 Å². The Morgan fingerprint density at radius 3 is 2.45 bits per heavy atom. The third kappa shape index (κ3) is 4.52. The van der Waals surface area contributed by atoms with Crippen LogP contribution in [0.25, 0.3) is 0 Å². The van der Waals surface area contributed by atoms with Crippen LogP contribution in [0.2, 0.25) is 0 Å². The first-order chi connectivity index (χ1) is 10.7. The minimum atomic E-state index is 0.0400. The Morgan fingerprint density at radius 2 is 1.73 bits per heavy atom. The molecule has 22 heavy (non-hydrogen) atoms. The van der Waals surface area contributed by atoms with Gasteiger partial charge in [0.2, 0.25) is 5.91 Å². The molecule has 116 valence electrons. The fourth-order valence-electron chi connectivity index (χ4n) is 2.34. The molecule has 0 saturated carbocycles. The van der Waals surface area contributed by atoms with E-state index in [-0.39, 0.29) is 5.91 Å². The smallest absolute Gasteiger partial charge is 0.220 e. The number of amides is 1. The fourth-order valence-corrected chi connectivity index (χ4v) is 2.34. The molecule has 2 rings (SSSR count). The van der Waals surface area contributed by atoms with Crippen LogP contribution in [-0.2, 0) is 17.6 Å². The van der Waals surface area contributed by atoms with Crippen molar-refractivity contribution in [1.82, 2.24) is 5.32 Å². The second-order valence-corrected chi connectivity index (χ2v) is 5.11. The van der Waals surface area contributed by atoms with Gasteiger partial charge in [-0.25, -0.2) is 0 Å². The van der Waals surface area contributed by atoms with E-state index in [0.29, 0.717) is 19.4 Å². The number of nitrogen functional groups attached to an aromatic ring is 1. The number of carbonyl (C=O) groups is 1. The molecule has 2 aromatic carbocycles. The first-order valence-corrected chi connectivity index (χ1v) is 7.42. The third-order valence-corrected chi connectivity index (χ3v) is 3.59. The lowest BCUT2D eigenvalue weighted by atomic mass is 10.1.